The van der Waals surface area contributed by atoms with Crippen LogP contribution >= 0.6 is 11.6 Å². The van der Waals surface area contributed by atoms with Gasteiger partial charge in [-0.2, -0.15) is 24.7 Å². The minimum atomic E-state index is 0.150. The first-order chi connectivity index (χ1) is 9.70. The minimum Gasteiger partial charge on any atom is -0.351 e. The van der Waals surface area contributed by atoms with Gasteiger partial charge in [0.2, 0.25) is 11.2 Å². The van der Waals surface area contributed by atoms with E-state index in [1.807, 2.05) is 0 Å². The van der Waals surface area contributed by atoms with Gasteiger partial charge in [0.05, 0.1) is 0 Å². The maximum absolute atomic E-state index is 5.95. The monoisotopic (exact) mass is 293 g/mol. The van der Waals surface area contributed by atoms with Crippen LogP contribution in [0.2, 0.25) is 5.28 Å². The van der Waals surface area contributed by atoms with Crippen LogP contribution < -0.4 is 5.32 Å². The van der Waals surface area contributed by atoms with Crippen LogP contribution in [-0.2, 0) is 0 Å². The van der Waals surface area contributed by atoms with E-state index in [-0.39, 0.29) is 5.28 Å². The molecule has 1 fully saturated rings. The molecular weight excluding hydrogens is 278 g/mol. The lowest BCUT2D eigenvalue weighted by molar-refractivity contribution is 0.357. The number of hydrogen-bond donors (Lipinski definition) is 1. The van der Waals surface area contributed by atoms with Crippen LogP contribution in [0.1, 0.15) is 32.6 Å². The Kier molecular flexibility index (Phi) is 3.77. The summed E-state index contributed by atoms with van der Waals surface area (Å²) in [5.74, 6) is 1.59. The number of rotatable bonds is 3. The normalized spacial score (nSPS) is 22.7. The zero-order chi connectivity index (χ0) is 13.9. The number of hydrogen-bond acceptors (Lipinski definition) is 6. The molecule has 0 aromatic carbocycles. The lowest BCUT2D eigenvalue weighted by atomic mass is 9.87. The number of nitrogens with zero attached hydrogens (tertiary/aromatic N) is 6. The molecule has 0 radical (unpaired) electrons. The summed E-state index contributed by atoms with van der Waals surface area (Å²) in [4.78, 5) is 16.4. The van der Waals surface area contributed by atoms with Gasteiger partial charge < -0.3 is 5.32 Å². The first-order valence-corrected chi connectivity index (χ1v) is 7.11. The Hall–Kier alpha value is -1.76. The van der Waals surface area contributed by atoms with Crippen molar-refractivity contribution in [3.63, 3.8) is 0 Å². The van der Waals surface area contributed by atoms with Crippen LogP contribution in [0.3, 0.4) is 0 Å². The maximum atomic E-state index is 5.95. The van der Waals surface area contributed by atoms with E-state index >= 15 is 0 Å². The van der Waals surface area contributed by atoms with Crippen LogP contribution in [0, 0.1) is 5.92 Å². The molecule has 106 valence electrons. The summed E-state index contributed by atoms with van der Waals surface area (Å²) in [7, 11) is 0. The highest BCUT2D eigenvalue weighted by atomic mass is 35.5. The molecule has 0 spiro atoms. The number of halogens is 1. The van der Waals surface area contributed by atoms with Crippen molar-refractivity contribution in [2.24, 2.45) is 5.92 Å². The Bertz CT molecular complexity index is 571. The van der Waals surface area contributed by atoms with E-state index < -0.39 is 0 Å². The standard InChI is InChI=1S/C12H16ClN7/c1-8-3-2-4-9(5-8)16-11-17-10(13)18-12(19-11)20-7-14-6-15-20/h6-9H,2-5H2,1H3,(H,16,17,18,19). The molecule has 2 aromatic heterocycles. The van der Waals surface area contributed by atoms with Crippen LogP contribution in [0.15, 0.2) is 12.7 Å². The van der Waals surface area contributed by atoms with Gasteiger partial charge in [0, 0.05) is 6.04 Å². The van der Waals surface area contributed by atoms with Crippen molar-refractivity contribution in [2.75, 3.05) is 5.32 Å². The topological polar surface area (TPSA) is 81.4 Å². The van der Waals surface area contributed by atoms with Crippen molar-refractivity contribution in [3.05, 3.63) is 17.9 Å². The van der Waals surface area contributed by atoms with Crippen molar-refractivity contribution in [2.45, 2.75) is 38.6 Å². The molecule has 0 amide bonds. The predicted octanol–water partition coefficient (Wildman–Crippen LogP) is 2.10. The van der Waals surface area contributed by atoms with E-state index in [2.05, 4.69) is 37.3 Å². The van der Waals surface area contributed by atoms with Gasteiger partial charge in [0.25, 0.3) is 5.95 Å². The summed E-state index contributed by atoms with van der Waals surface area (Å²) in [6.07, 6.45) is 7.73. The molecule has 8 heteroatoms. The van der Waals surface area contributed by atoms with E-state index in [1.165, 1.54) is 30.2 Å². The second-order valence-corrected chi connectivity index (χ2v) is 5.52. The molecule has 1 aliphatic rings. The molecule has 0 saturated heterocycles. The summed E-state index contributed by atoms with van der Waals surface area (Å²) >= 11 is 5.95. The fraction of sp³-hybridized carbons (Fsp3) is 0.583. The summed E-state index contributed by atoms with van der Waals surface area (Å²) in [5.41, 5.74) is 0. The smallest absolute Gasteiger partial charge is 0.258 e. The van der Waals surface area contributed by atoms with Gasteiger partial charge in [-0.3, -0.25) is 0 Å². The average Bonchev–Trinajstić information content (AvgIpc) is 2.91. The van der Waals surface area contributed by atoms with Gasteiger partial charge in [-0.25, -0.2) is 4.98 Å². The Morgan fingerprint density at radius 1 is 1.30 bits per heavy atom. The molecule has 3 rings (SSSR count). The van der Waals surface area contributed by atoms with Crippen LogP contribution in [-0.4, -0.2) is 35.8 Å². The summed E-state index contributed by atoms with van der Waals surface area (Å²) in [6.45, 7) is 2.27. The summed E-state index contributed by atoms with van der Waals surface area (Å²) in [5, 5.41) is 7.49. The largest absolute Gasteiger partial charge is 0.351 e. The van der Waals surface area contributed by atoms with Crippen molar-refractivity contribution in [1.29, 1.82) is 0 Å². The van der Waals surface area contributed by atoms with Gasteiger partial charge in [-0.15, -0.1) is 0 Å². The lowest BCUT2D eigenvalue weighted by Gasteiger charge is -2.27. The highest BCUT2D eigenvalue weighted by Gasteiger charge is 2.20. The van der Waals surface area contributed by atoms with Gasteiger partial charge in [-0.05, 0) is 30.4 Å². The van der Waals surface area contributed by atoms with Crippen molar-refractivity contribution < 1.29 is 0 Å². The molecule has 2 atom stereocenters. The zero-order valence-electron chi connectivity index (χ0n) is 11.2. The summed E-state index contributed by atoms with van der Waals surface area (Å²) in [6, 6.07) is 0.390. The highest BCUT2D eigenvalue weighted by Crippen LogP contribution is 2.25. The van der Waals surface area contributed by atoms with Gasteiger partial charge in [-0.1, -0.05) is 19.8 Å². The molecule has 1 aliphatic carbocycles. The molecule has 20 heavy (non-hydrogen) atoms. The number of anilines is 1. The van der Waals surface area contributed by atoms with Crippen molar-refractivity contribution >= 4 is 17.5 Å². The number of nitrogens with one attached hydrogen (secondary N) is 1. The maximum Gasteiger partial charge on any atom is 0.258 e. The molecule has 2 aromatic rings. The van der Waals surface area contributed by atoms with Gasteiger partial charge in [0.15, 0.2) is 0 Å². The van der Waals surface area contributed by atoms with Crippen LogP contribution in [0.4, 0.5) is 5.95 Å². The Morgan fingerprint density at radius 3 is 2.95 bits per heavy atom. The van der Waals surface area contributed by atoms with E-state index in [9.17, 15) is 0 Å². The van der Waals surface area contributed by atoms with E-state index in [1.54, 1.807) is 0 Å². The van der Waals surface area contributed by atoms with Crippen molar-refractivity contribution in [3.8, 4) is 5.95 Å². The fourth-order valence-electron chi connectivity index (χ4n) is 2.57. The van der Waals surface area contributed by atoms with E-state index in [0.29, 0.717) is 17.9 Å². The third-order valence-electron chi connectivity index (χ3n) is 3.49. The first-order valence-electron chi connectivity index (χ1n) is 6.74. The zero-order valence-corrected chi connectivity index (χ0v) is 12.0. The SMILES string of the molecule is CC1CCCC(Nc2nc(Cl)nc(-n3cncn3)n2)C1. The number of aromatic nitrogens is 6. The molecule has 0 aliphatic heterocycles. The van der Waals surface area contributed by atoms with Crippen molar-refractivity contribution in [1.82, 2.24) is 29.7 Å². The highest BCUT2D eigenvalue weighted by molar-refractivity contribution is 6.28. The van der Waals surface area contributed by atoms with E-state index in [4.69, 9.17) is 11.6 Å². The van der Waals surface area contributed by atoms with Crippen LogP contribution in [0.25, 0.3) is 5.95 Å². The van der Waals surface area contributed by atoms with Gasteiger partial charge in [0.1, 0.15) is 12.7 Å². The molecule has 0 bridgehead atoms. The Labute approximate surface area is 121 Å². The van der Waals surface area contributed by atoms with Gasteiger partial charge >= 0.3 is 0 Å². The third-order valence-corrected chi connectivity index (χ3v) is 3.66. The molecular formula is C12H16ClN7. The predicted molar refractivity (Wildman–Crippen MR) is 74.8 cm³/mol. The summed E-state index contributed by atoms with van der Waals surface area (Å²) < 4.78 is 1.46. The average molecular weight is 294 g/mol. The lowest BCUT2D eigenvalue weighted by Crippen LogP contribution is -2.27. The Balaban J connectivity index is 1.79. The third kappa shape index (κ3) is 3.04. The van der Waals surface area contributed by atoms with Crippen LogP contribution in [0.5, 0.6) is 0 Å². The molecule has 1 saturated carbocycles. The Morgan fingerprint density at radius 2 is 2.20 bits per heavy atom. The second-order valence-electron chi connectivity index (χ2n) is 5.18. The fourth-order valence-corrected chi connectivity index (χ4v) is 2.72. The molecule has 7 nitrogen and oxygen atoms in total. The minimum absolute atomic E-state index is 0.150. The molecule has 1 N–H and O–H groups in total. The quantitative estimate of drug-likeness (QED) is 0.933. The molecule has 2 unspecified atom stereocenters. The van der Waals surface area contributed by atoms with E-state index in [0.717, 1.165) is 18.8 Å². The second kappa shape index (κ2) is 5.70. The first kappa shape index (κ1) is 13.2. The molecule has 2 heterocycles.